The van der Waals surface area contributed by atoms with Crippen LogP contribution in [0.15, 0.2) is 24.5 Å². The van der Waals surface area contributed by atoms with E-state index < -0.39 is 4.92 Å². The van der Waals surface area contributed by atoms with E-state index >= 15 is 0 Å². The molecule has 0 radical (unpaired) electrons. The fourth-order valence-electron chi connectivity index (χ4n) is 1.26. The SMILES string of the molecule is Nc1cc(Oc2c(Cl)cc([N+](=O)[O-])cc2Cl)ncn1. The predicted molar refractivity (Wildman–Crippen MR) is 69.6 cm³/mol. The Morgan fingerprint density at radius 1 is 1.21 bits per heavy atom. The number of nitro benzene ring substituents is 1. The summed E-state index contributed by atoms with van der Waals surface area (Å²) in [7, 11) is 0. The van der Waals surface area contributed by atoms with Crippen LogP contribution in [-0.2, 0) is 0 Å². The summed E-state index contributed by atoms with van der Waals surface area (Å²) < 4.78 is 5.34. The Labute approximate surface area is 117 Å². The van der Waals surface area contributed by atoms with Gasteiger partial charge in [0.25, 0.3) is 5.69 Å². The van der Waals surface area contributed by atoms with Crippen LogP contribution in [0.25, 0.3) is 0 Å². The average Bonchev–Trinajstić information content (AvgIpc) is 2.33. The van der Waals surface area contributed by atoms with Gasteiger partial charge in [-0.3, -0.25) is 10.1 Å². The molecule has 1 aromatic carbocycles. The molecule has 0 saturated heterocycles. The van der Waals surface area contributed by atoms with E-state index in [1.54, 1.807) is 0 Å². The smallest absolute Gasteiger partial charge is 0.272 e. The fourth-order valence-corrected chi connectivity index (χ4v) is 1.82. The summed E-state index contributed by atoms with van der Waals surface area (Å²) in [4.78, 5) is 17.5. The molecule has 1 heterocycles. The summed E-state index contributed by atoms with van der Waals surface area (Å²) in [5.74, 6) is 0.399. The van der Waals surface area contributed by atoms with Gasteiger partial charge in [-0.2, -0.15) is 0 Å². The van der Waals surface area contributed by atoms with Gasteiger partial charge in [-0.25, -0.2) is 9.97 Å². The van der Waals surface area contributed by atoms with Gasteiger partial charge in [0.1, 0.15) is 12.1 Å². The highest BCUT2D eigenvalue weighted by atomic mass is 35.5. The second-order valence-electron chi connectivity index (χ2n) is 3.38. The minimum absolute atomic E-state index is 0.00335. The van der Waals surface area contributed by atoms with Crippen molar-refractivity contribution in [2.45, 2.75) is 0 Å². The van der Waals surface area contributed by atoms with E-state index in [1.807, 2.05) is 0 Å². The summed E-state index contributed by atoms with van der Waals surface area (Å²) in [5.41, 5.74) is 5.23. The number of aromatic nitrogens is 2. The van der Waals surface area contributed by atoms with Gasteiger partial charge in [0.2, 0.25) is 5.88 Å². The van der Waals surface area contributed by atoms with Crippen LogP contribution in [0, 0.1) is 10.1 Å². The number of non-ortho nitro benzene ring substituents is 1. The van der Waals surface area contributed by atoms with Gasteiger partial charge in [-0.15, -0.1) is 0 Å². The molecule has 9 heteroatoms. The number of rotatable bonds is 3. The van der Waals surface area contributed by atoms with Crippen LogP contribution >= 0.6 is 23.2 Å². The van der Waals surface area contributed by atoms with E-state index in [9.17, 15) is 10.1 Å². The van der Waals surface area contributed by atoms with Crippen LogP contribution in [0.4, 0.5) is 11.5 Å². The van der Waals surface area contributed by atoms with Crippen LogP contribution in [0.2, 0.25) is 10.0 Å². The van der Waals surface area contributed by atoms with Crippen molar-refractivity contribution in [2.75, 3.05) is 5.73 Å². The molecule has 0 amide bonds. The van der Waals surface area contributed by atoms with Gasteiger partial charge in [0.15, 0.2) is 5.75 Å². The molecule has 19 heavy (non-hydrogen) atoms. The highest BCUT2D eigenvalue weighted by molar-refractivity contribution is 6.37. The predicted octanol–water partition coefficient (Wildman–Crippen LogP) is 3.07. The summed E-state index contributed by atoms with van der Waals surface area (Å²) in [5, 5.41) is 10.6. The molecule has 0 atom stereocenters. The summed E-state index contributed by atoms with van der Waals surface area (Å²) in [6, 6.07) is 3.63. The Balaban J connectivity index is 2.38. The Kier molecular flexibility index (Phi) is 3.68. The second kappa shape index (κ2) is 5.25. The monoisotopic (exact) mass is 300 g/mol. The van der Waals surface area contributed by atoms with E-state index in [0.717, 1.165) is 12.1 Å². The fraction of sp³-hybridized carbons (Fsp3) is 0. The first-order chi connectivity index (χ1) is 8.97. The molecular formula is C10H6Cl2N4O3. The maximum Gasteiger partial charge on any atom is 0.272 e. The number of benzene rings is 1. The quantitative estimate of drug-likeness (QED) is 0.690. The number of hydrogen-bond acceptors (Lipinski definition) is 6. The molecule has 98 valence electrons. The molecule has 0 aliphatic heterocycles. The van der Waals surface area contributed by atoms with Crippen molar-refractivity contribution in [3.8, 4) is 11.6 Å². The highest BCUT2D eigenvalue weighted by Gasteiger charge is 2.16. The van der Waals surface area contributed by atoms with Gasteiger partial charge in [0, 0.05) is 18.2 Å². The maximum absolute atomic E-state index is 10.6. The van der Waals surface area contributed by atoms with E-state index in [-0.39, 0.29) is 33.2 Å². The minimum atomic E-state index is -0.607. The molecule has 2 N–H and O–H groups in total. The standard InChI is InChI=1S/C10H6Cl2N4O3/c11-6-1-5(16(17)18)2-7(12)10(6)19-9-3-8(13)14-4-15-9/h1-4H,(H2,13,14,15). The first-order valence-corrected chi connectivity index (χ1v) is 5.62. The van der Waals surface area contributed by atoms with Gasteiger partial charge < -0.3 is 10.5 Å². The first kappa shape index (κ1) is 13.3. The first-order valence-electron chi connectivity index (χ1n) is 4.86. The number of halogens is 2. The topological polar surface area (TPSA) is 104 Å². The molecule has 0 saturated carbocycles. The number of nitrogens with two attached hydrogens (primary N) is 1. The van der Waals surface area contributed by atoms with Crippen molar-refractivity contribution in [3.63, 3.8) is 0 Å². The molecule has 7 nitrogen and oxygen atoms in total. The number of anilines is 1. The Hall–Kier alpha value is -2.12. The maximum atomic E-state index is 10.6. The molecule has 0 bridgehead atoms. The van der Waals surface area contributed by atoms with Crippen LogP contribution in [0.1, 0.15) is 0 Å². The van der Waals surface area contributed by atoms with E-state index in [0.29, 0.717) is 0 Å². The van der Waals surface area contributed by atoms with Crippen molar-refractivity contribution < 1.29 is 9.66 Å². The van der Waals surface area contributed by atoms with Gasteiger partial charge in [-0.1, -0.05) is 23.2 Å². The number of nitrogen functional groups attached to an aromatic ring is 1. The summed E-state index contributed by atoms with van der Waals surface area (Å²) >= 11 is 11.8. The lowest BCUT2D eigenvalue weighted by atomic mass is 10.3. The zero-order valence-electron chi connectivity index (χ0n) is 9.21. The highest BCUT2D eigenvalue weighted by Crippen LogP contribution is 2.38. The largest absolute Gasteiger partial charge is 0.436 e. The van der Waals surface area contributed by atoms with Crippen molar-refractivity contribution >= 4 is 34.7 Å². The minimum Gasteiger partial charge on any atom is -0.436 e. The lowest BCUT2D eigenvalue weighted by molar-refractivity contribution is -0.384. The van der Waals surface area contributed by atoms with Crippen LogP contribution in [-0.4, -0.2) is 14.9 Å². The normalized spacial score (nSPS) is 10.2. The lowest BCUT2D eigenvalue weighted by Gasteiger charge is -2.08. The second-order valence-corrected chi connectivity index (χ2v) is 4.19. The Morgan fingerprint density at radius 3 is 2.37 bits per heavy atom. The summed E-state index contributed by atoms with van der Waals surface area (Å²) in [6.07, 6.45) is 1.21. The number of hydrogen-bond donors (Lipinski definition) is 1. The summed E-state index contributed by atoms with van der Waals surface area (Å²) in [6.45, 7) is 0. The molecule has 1 aromatic heterocycles. The average molecular weight is 301 g/mol. The van der Waals surface area contributed by atoms with E-state index in [1.165, 1.54) is 12.4 Å². The van der Waals surface area contributed by atoms with Crippen LogP contribution in [0.5, 0.6) is 11.6 Å². The van der Waals surface area contributed by atoms with E-state index in [2.05, 4.69) is 9.97 Å². The van der Waals surface area contributed by atoms with Crippen LogP contribution in [0.3, 0.4) is 0 Å². The molecule has 2 rings (SSSR count). The van der Waals surface area contributed by atoms with Crippen molar-refractivity contribution in [3.05, 3.63) is 44.7 Å². The molecule has 0 aliphatic rings. The van der Waals surface area contributed by atoms with E-state index in [4.69, 9.17) is 33.7 Å². The lowest BCUT2D eigenvalue weighted by Crippen LogP contribution is -1.95. The molecule has 0 unspecified atom stereocenters. The van der Waals surface area contributed by atoms with Crippen molar-refractivity contribution in [1.29, 1.82) is 0 Å². The third-order valence-corrected chi connectivity index (χ3v) is 2.63. The number of nitrogens with zero attached hydrogens (tertiary/aromatic N) is 3. The van der Waals surface area contributed by atoms with Gasteiger partial charge >= 0.3 is 0 Å². The molecule has 0 spiro atoms. The zero-order chi connectivity index (χ0) is 14.0. The number of ether oxygens (including phenoxy) is 1. The molecular weight excluding hydrogens is 295 g/mol. The zero-order valence-corrected chi connectivity index (χ0v) is 10.7. The van der Waals surface area contributed by atoms with Gasteiger partial charge in [-0.05, 0) is 0 Å². The molecule has 0 aliphatic carbocycles. The Bertz CT molecular complexity index is 627. The van der Waals surface area contributed by atoms with Gasteiger partial charge in [0.05, 0.1) is 15.0 Å². The third-order valence-electron chi connectivity index (χ3n) is 2.06. The van der Waals surface area contributed by atoms with Crippen LogP contribution < -0.4 is 10.5 Å². The molecule has 2 aromatic rings. The molecule has 0 fully saturated rings. The van der Waals surface area contributed by atoms with Crippen molar-refractivity contribution in [1.82, 2.24) is 9.97 Å². The third kappa shape index (κ3) is 3.01. The van der Waals surface area contributed by atoms with Crippen molar-refractivity contribution in [2.24, 2.45) is 0 Å². The number of nitro groups is 1. The Morgan fingerprint density at radius 2 is 1.84 bits per heavy atom.